The third-order valence-electron chi connectivity index (χ3n) is 2.28. The van der Waals surface area contributed by atoms with E-state index in [4.69, 9.17) is 16.3 Å². The van der Waals surface area contributed by atoms with Crippen LogP contribution in [0.3, 0.4) is 0 Å². The molecule has 1 aromatic rings. The van der Waals surface area contributed by atoms with Gasteiger partial charge in [0.2, 0.25) is 0 Å². The molecule has 0 spiro atoms. The van der Waals surface area contributed by atoms with Gasteiger partial charge in [0.15, 0.2) is 0 Å². The minimum atomic E-state index is -0.439. The molecule has 0 radical (unpaired) electrons. The molecule has 1 rings (SSSR count). The lowest BCUT2D eigenvalue weighted by atomic mass is 10.3. The summed E-state index contributed by atoms with van der Waals surface area (Å²) in [6, 6.07) is 5.01. The summed E-state index contributed by atoms with van der Waals surface area (Å²) in [4.78, 5) is 0. The number of nitrogens with one attached hydrogen (secondary N) is 1. The second-order valence-electron chi connectivity index (χ2n) is 4.24. The number of halogens is 2. The van der Waals surface area contributed by atoms with Gasteiger partial charge in [-0.25, -0.2) is 4.39 Å². The van der Waals surface area contributed by atoms with E-state index in [0.717, 1.165) is 19.4 Å². The summed E-state index contributed by atoms with van der Waals surface area (Å²) in [6.07, 6.45) is 2.00. The van der Waals surface area contributed by atoms with Crippen molar-refractivity contribution < 1.29 is 9.13 Å². The van der Waals surface area contributed by atoms with Gasteiger partial charge in [0.1, 0.15) is 11.6 Å². The van der Waals surface area contributed by atoms with E-state index < -0.39 is 5.82 Å². The molecule has 96 valence electrons. The molecule has 0 heterocycles. The van der Waals surface area contributed by atoms with Crippen LogP contribution >= 0.6 is 11.6 Å². The Bertz CT molecular complexity index is 344. The van der Waals surface area contributed by atoms with E-state index >= 15 is 0 Å². The first kappa shape index (κ1) is 14.3. The zero-order valence-electron chi connectivity index (χ0n) is 10.3. The molecular weight excluding hydrogens is 241 g/mol. The highest BCUT2D eigenvalue weighted by molar-refractivity contribution is 6.30. The van der Waals surface area contributed by atoms with Gasteiger partial charge in [-0.2, -0.15) is 0 Å². The molecule has 2 nitrogen and oxygen atoms in total. The van der Waals surface area contributed by atoms with Crippen LogP contribution < -0.4 is 10.1 Å². The number of ether oxygens (including phenoxy) is 1. The van der Waals surface area contributed by atoms with Gasteiger partial charge in [0.05, 0.1) is 11.6 Å². The monoisotopic (exact) mass is 259 g/mol. The molecule has 0 saturated heterocycles. The fraction of sp³-hybridized carbons (Fsp3) is 0.538. The fourth-order valence-electron chi connectivity index (χ4n) is 1.37. The number of hydrogen-bond donors (Lipinski definition) is 1. The predicted molar refractivity (Wildman–Crippen MR) is 69.3 cm³/mol. The summed E-state index contributed by atoms with van der Waals surface area (Å²) in [5, 5.41) is 3.45. The highest BCUT2D eigenvalue weighted by atomic mass is 35.5. The molecule has 0 amide bonds. The van der Waals surface area contributed by atoms with Crippen molar-refractivity contribution in [1.29, 1.82) is 0 Å². The third kappa shape index (κ3) is 5.89. The van der Waals surface area contributed by atoms with Gasteiger partial charge in [0, 0.05) is 12.1 Å². The molecule has 0 fully saturated rings. The molecule has 0 unspecified atom stereocenters. The number of unbranched alkanes of at least 4 members (excludes halogenated alkanes) is 1. The lowest BCUT2D eigenvalue weighted by Crippen LogP contribution is -2.23. The maximum absolute atomic E-state index is 13.1. The van der Waals surface area contributed by atoms with Crippen LogP contribution in [0.1, 0.15) is 26.7 Å². The van der Waals surface area contributed by atoms with Gasteiger partial charge in [-0.15, -0.1) is 0 Å². The van der Waals surface area contributed by atoms with Crippen molar-refractivity contribution in [3.63, 3.8) is 0 Å². The number of rotatable bonds is 7. The predicted octanol–water partition coefficient (Wildman–Crippen LogP) is 3.64. The highest BCUT2D eigenvalue weighted by Crippen LogP contribution is 2.20. The van der Waals surface area contributed by atoms with Crippen molar-refractivity contribution in [3.8, 4) is 5.75 Å². The molecule has 1 aromatic carbocycles. The second-order valence-corrected chi connectivity index (χ2v) is 4.65. The zero-order chi connectivity index (χ0) is 12.7. The van der Waals surface area contributed by atoms with Crippen LogP contribution in [0.2, 0.25) is 5.02 Å². The average Bonchev–Trinajstić information content (AvgIpc) is 2.27. The molecule has 0 aliphatic heterocycles. The van der Waals surface area contributed by atoms with Crippen LogP contribution in [-0.2, 0) is 0 Å². The van der Waals surface area contributed by atoms with Crippen molar-refractivity contribution in [1.82, 2.24) is 5.32 Å². The Balaban J connectivity index is 2.16. The van der Waals surface area contributed by atoms with Crippen LogP contribution in [0.15, 0.2) is 18.2 Å². The van der Waals surface area contributed by atoms with E-state index in [0.29, 0.717) is 18.4 Å². The van der Waals surface area contributed by atoms with E-state index in [1.165, 1.54) is 12.1 Å². The number of benzene rings is 1. The summed E-state index contributed by atoms with van der Waals surface area (Å²) < 4.78 is 18.5. The van der Waals surface area contributed by atoms with Gasteiger partial charge in [-0.05, 0) is 31.5 Å². The lowest BCUT2D eigenvalue weighted by molar-refractivity contribution is 0.303. The fourth-order valence-corrected chi connectivity index (χ4v) is 1.49. The second kappa shape index (κ2) is 7.51. The van der Waals surface area contributed by atoms with Crippen LogP contribution in [-0.4, -0.2) is 19.2 Å². The standard InChI is InChI=1S/C13H19ClFNO/c1-10(2)16-7-3-4-8-17-11-5-6-12(14)13(15)9-11/h5-6,9-10,16H,3-4,7-8H2,1-2H3. The van der Waals surface area contributed by atoms with Crippen LogP contribution in [0.4, 0.5) is 4.39 Å². The van der Waals surface area contributed by atoms with E-state index in [1.807, 2.05) is 0 Å². The first-order valence-corrected chi connectivity index (χ1v) is 6.28. The average molecular weight is 260 g/mol. The molecule has 0 atom stereocenters. The smallest absolute Gasteiger partial charge is 0.145 e. The Hall–Kier alpha value is -0.800. The maximum atomic E-state index is 13.1. The van der Waals surface area contributed by atoms with E-state index in [9.17, 15) is 4.39 Å². The Labute approximate surface area is 107 Å². The normalized spacial score (nSPS) is 10.9. The topological polar surface area (TPSA) is 21.3 Å². The van der Waals surface area contributed by atoms with Gasteiger partial charge < -0.3 is 10.1 Å². The molecule has 4 heteroatoms. The molecular formula is C13H19ClFNO. The summed E-state index contributed by atoms with van der Waals surface area (Å²) in [7, 11) is 0. The summed E-state index contributed by atoms with van der Waals surface area (Å²) in [6.45, 7) is 5.82. The quantitative estimate of drug-likeness (QED) is 0.755. The Morgan fingerprint density at radius 1 is 1.35 bits per heavy atom. The first-order chi connectivity index (χ1) is 8.09. The van der Waals surface area contributed by atoms with Gasteiger partial charge >= 0.3 is 0 Å². The van der Waals surface area contributed by atoms with Crippen LogP contribution in [0, 0.1) is 5.82 Å². The third-order valence-corrected chi connectivity index (χ3v) is 2.59. The van der Waals surface area contributed by atoms with Gasteiger partial charge in [-0.1, -0.05) is 25.4 Å². The van der Waals surface area contributed by atoms with Gasteiger partial charge in [-0.3, -0.25) is 0 Å². The Morgan fingerprint density at radius 3 is 2.76 bits per heavy atom. The molecule has 0 aliphatic rings. The highest BCUT2D eigenvalue weighted by Gasteiger charge is 2.01. The summed E-state index contributed by atoms with van der Waals surface area (Å²) in [5.74, 6) is 0.0920. The largest absolute Gasteiger partial charge is 0.493 e. The van der Waals surface area contributed by atoms with Crippen molar-refractivity contribution in [2.45, 2.75) is 32.7 Å². The minimum absolute atomic E-state index is 0.124. The van der Waals surface area contributed by atoms with Crippen molar-refractivity contribution in [2.75, 3.05) is 13.2 Å². The molecule has 0 aromatic heterocycles. The molecule has 17 heavy (non-hydrogen) atoms. The van der Waals surface area contributed by atoms with E-state index in [2.05, 4.69) is 19.2 Å². The van der Waals surface area contributed by atoms with Gasteiger partial charge in [0.25, 0.3) is 0 Å². The zero-order valence-corrected chi connectivity index (χ0v) is 11.1. The molecule has 1 N–H and O–H groups in total. The number of hydrogen-bond acceptors (Lipinski definition) is 2. The maximum Gasteiger partial charge on any atom is 0.145 e. The molecule has 0 aliphatic carbocycles. The summed E-state index contributed by atoms with van der Waals surface area (Å²) >= 11 is 5.57. The Morgan fingerprint density at radius 2 is 2.12 bits per heavy atom. The lowest BCUT2D eigenvalue weighted by Gasteiger charge is -2.09. The van der Waals surface area contributed by atoms with Crippen molar-refractivity contribution in [2.24, 2.45) is 0 Å². The van der Waals surface area contributed by atoms with E-state index in [-0.39, 0.29) is 5.02 Å². The Kier molecular flexibility index (Phi) is 6.30. The van der Waals surface area contributed by atoms with Crippen LogP contribution in [0.25, 0.3) is 0 Å². The van der Waals surface area contributed by atoms with Crippen molar-refractivity contribution >= 4 is 11.6 Å². The first-order valence-electron chi connectivity index (χ1n) is 5.91. The van der Waals surface area contributed by atoms with E-state index in [1.54, 1.807) is 6.07 Å². The minimum Gasteiger partial charge on any atom is -0.493 e. The molecule has 0 bridgehead atoms. The molecule has 0 saturated carbocycles. The summed E-state index contributed by atoms with van der Waals surface area (Å²) in [5.41, 5.74) is 0. The van der Waals surface area contributed by atoms with Crippen LogP contribution in [0.5, 0.6) is 5.75 Å². The van der Waals surface area contributed by atoms with Crippen molar-refractivity contribution in [3.05, 3.63) is 29.0 Å². The SMILES string of the molecule is CC(C)NCCCCOc1ccc(Cl)c(F)c1.